The number of ether oxygens (including phenoxy) is 1. The van der Waals surface area contributed by atoms with E-state index in [1.54, 1.807) is 6.92 Å². The number of rotatable bonds is 2. The maximum Gasteiger partial charge on any atom is 0.304 e. The van der Waals surface area contributed by atoms with Gasteiger partial charge >= 0.3 is 5.97 Å². The normalized spacial score (nSPS) is 27.4. The molecule has 0 aromatic carbocycles. The number of hydrogen-bond donors (Lipinski definition) is 0. The van der Waals surface area contributed by atoms with E-state index < -0.39 is 27.1 Å². The highest BCUT2D eigenvalue weighted by Crippen LogP contribution is 2.35. The van der Waals surface area contributed by atoms with Crippen molar-refractivity contribution in [2.24, 2.45) is 0 Å². The van der Waals surface area contributed by atoms with Crippen LogP contribution in [-0.4, -0.2) is 48.1 Å². The van der Waals surface area contributed by atoms with E-state index >= 15 is 0 Å². The van der Waals surface area contributed by atoms with Gasteiger partial charge in [-0.15, -0.1) is 0 Å². The SMILES string of the molecule is CC(=O)OC(C)N1C(C)(C)CS(=O)(=O)CC1(C)C. The molecule has 0 aromatic rings. The summed E-state index contributed by atoms with van der Waals surface area (Å²) >= 11 is 0. The summed E-state index contributed by atoms with van der Waals surface area (Å²) in [5, 5.41) is 0. The van der Waals surface area contributed by atoms with Gasteiger partial charge in [0.1, 0.15) is 0 Å². The quantitative estimate of drug-likeness (QED) is 0.709. The minimum Gasteiger partial charge on any atom is -0.447 e. The highest BCUT2D eigenvalue weighted by Gasteiger charge is 2.50. The highest BCUT2D eigenvalue weighted by molar-refractivity contribution is 7.91. The molecule has 6 heteroatoms. The van der Waals surface area contributed by atoms with E-state index in [4.69, 9.17) is 4.74 Å². The molecule has 1 fully saturated rings. The molecule has 0 aromatic heterocycles. The molecule has 106 valence electrons. The maximum atomic E-state index is 11.9. The summed E-state index contributed by atoms with van der Waals surface area (Å²) in [5.74, 6) is -0.202. The topological polar surface area (TPSA) is 63.7 Å². The van der Waals surface area contributed by atoms with Gasteiger partial charge in [0.25, 0.3) is 0 Å². The molecule has 1 aliphatic rings. The number of nitrogens with zero attached hydrogens (tertiary/aromatic N) is 1. The van der Waals surface area contributed by atoms with Crippen LogP contribution < -0.4 is 0 Å². The van der Waals surface area contributed by atoms with Crippen molar-refractivity contribution in [2.75, 3.05) is 11.5 Å². The van der Waals surface area contributed by atoms with E-state index in [2.05, 4.69) is 0 Å². The van der Waals surface area contributed by atoms with Crippen molar-refractivity contribution in [1.29, 1.82) is 0 Å². The summed E-state index contributed by atoms with van der Waals surface area (Å²) in [4.78, 5) is 13.1. The Labute approximate surface area is 109 Å². The minimum absolute atomic E-state index is 0.0784. The molecule has 18 heavy (non-hydrogen) atoms. The third kappa shape index (κ3) is 3.23. The van der Waals surface area contributed by atoms with Crippen LogP contribution in [-0.2, 0) is 19.4 Å². The van der Waals surface area contributed by atoms with Gasteiger partial charge in [-0.25, -0.2) is 8.42 Å². The Morgan fingerprint density at radius 2 is 1.56 bits per heavy atom. The van der Waals surface area contributed by atoms with Crippen LogP contribution >= 0.6 is 0 Å². The Kier molecular flexibility index (Phi) is 3.85. The average Bonchev–Trinajstić information content (AvgIpc) is 1.90. The molecule has 1 unspecified atom stereocenters. The molecule has 1 heterocycles. The first-order valence-corrected chi connectivity index (χ1v) is 7.87. The third-order valence-electron chi connectivity index (χ3n) is 3.15. The molecule has 1 aliphatic heterocycles. The fourth-order valence-electron chi connectivity index (χ4n) is 3.36. The van der Waals surface area contributed by atoms with Crippen LogP contribution in [0.25, 0.3) is 0 Å². The first-order chi connectivity index (χ1) is 7.87. The largest absolute Gasteiger partial charge is 0.447 e. The van der Waals surface area contributed by atoms with Gasteiger partial charge in [0.05, 0.1) is 11.5 Å². The Balaban J connectivity index is 3.12. The van der Waals surface area contributed by atoms with Gasteiger partial charge < -0.3 is 4.74 Å². The predicted octanol–water partition coefficient (Wildman–Crippen LogP) is 1.18. The van der Waals surface area contributed by atoms with Crippen LogP contribution in [0.4, 0.5) is 0 Å². The van der Waals surface area contributed by atoms with Gasteiger partial charge in [0.2, 0.25) is 0 Å². The molecule has 0 saturated carbocycles. The van der Waals surface area contributed by atoms with Crippen LogP contribution in [0.15, 0.2) is 0 Å². The Morgan fingerprint density at radius 1 is 1.17 bits per heavy atom. The molecule has 1 rings (SSSR count). The van der Waals surface area contributed by atoms with Gasteiger partial charge in [-0.1, -0.05) is 0 Å². The second-order valence-electron chi connectivity index (χ2n) is 6.24. The number of carbonyl (C=O) groups is 1. The molecule has 0 bridgehead atoms. The highest BCUT2D eigenvalue weighted by atomic mass is 32.2. The summed E-state index contributed by atoms with van der Waals surface area (Å²) in [5.41, 5.74) is -1.12. The van der Waals surface area contributed by atoms with Crippen molar-refractivity contribution < 1.29 is 17.9 Å². The number of hydrogen-bond acceptors (Lipinski definition) is 5. The lowest BCUT2D eigenvalue weighted by Gasteiger charge is -2.53. The van der Waals surface area contributed by atoms with E-state index in [1.165, 1.54) is 6.92 Å². The van der Waals surface area contributed by atoms with Crippen LogP contribution in [0.3, 0.4) is 0 Å². The zero-order valence-electron chi connectivity index (χ0n) is 12.0. The van der Waals surface area contributed by atoms with Crippen LogP contribution in [0.2, 0.25) is 0 Å². The van der Waals surface area contributed by atoms with Crippen molar-refractivity contribution in [3.8, 4) is 0 Å². The molecule has 0 amide bonds. The van der Waals surface area contributed by atoms with Gasteiger partial charge in [0, 0.05) is 18.0 Å². The van der Waals surface area contributed by atoms with Crippen LogP contribution in [0.5, 0.6) is 0 Å². The molecule has 0 N–H and O–H groups in total. The smallest absolute Gasteiger partial charge is 0.304 e. The number of esters is 1. The molecule has 1 atom stereocenters. The lowest BCUT2D eigenvalue weighted by atomic mass is 9.94. The predicted molar refractivity (Wildman–Crippen MR) is 69.9 cm³/mol. The first-order valence-electron chi connectivity index (χ1n) is 6.04. The molecular formula is C12H23NO4S. The van der Waals surface area contributed by atoms with Crippen LogP contribution in [0, 0.1) is 0 Å². The standard InChI is InChI=1S/C12H23NO4S/c1-9(17-10(2)14)13-11(3,4)7-18(15,16)8-12(13,5)6/h9H,7-8H2,1-6H3. The van der Waals surface area contributed by atoms with E-state index in [0.717, 1.165) is 0 Å². The van der Waals surface area contributed by atoms with Crippen LogP contribution in [0.1, 0.15) is 41.5 Å². The minimum atomic E-state index is -3.08. The van der Waals surface area contributed by atoms with Crippen molar-refractivity contribution >= 4 is 15.8 Å². The van der Waals surface area contributed by atoms with E-state index in [0.29, 0.717) is 0 Å². The summed E-state index contributed by atoms with van der Waals surface area (Å²) in [6.45, 7) is 10.6. The van der Waals surface area contributed by atoms with Crippen molar-refractivity contribution in [3.63, 3.8) is 0 Å². The molecule has 1 saturated heterocycles. The molecule has 5 nitrogen and oxygen atoms in total. The van der Waals surface area contributed by atoms with E-state index in [-0.39, 0.29) is 17.5 Å². The fraction of sp³-hybridized carbons (Fsp3) is 0.917. The van der Waals surface area contributed by atoms with Crippen molar-refractivity contribution in [3.05, 3.63) is 0 Å². The molecule has 0 spiro atoms. The number of carbonyl (C=O) groups excluding carboxylic acids is 1. The van der Waals surface area contributed by atoms with Gasteiger partial charge in [0.15, 0.2) is 16.1 Å². The Bertz CT molecular complexity index is 415. The molecule has 0 aliphatic carbocycles. The van der Waals surface area contributed by atoms with E-state index in [1.807, 2.05) is 32.6 Å². The number of sulfone groups is 1. The summed E-state index contributed by atoms with van der Waals surface area (Å²) in [7, 11) is -3.08. The lowest BCUT2D eigenvalue weighted by molar-refractivity contribution is -0.169. The van der Waals surface area contributed by atoms with Gasteiger partial charge in [-0.05, 0) is 34.6 Å². The van der Waals surface area contributed by atoms with Crippen molar-refractivity contribution in [2.45, 2.75) is 58.8 Å². The third-order valence-corrected chi connectivity index (χ3v) is 5.44. The second-order valence-corrected chi connectivity index (χ2v) is 8.30. The molecule has 0 radical (unpaired) electrons. The first kappa shape index (κ1) is 15.4. The lowest BCUT2D eigenvalue weighted by Crippen LogP contribution is -2.68. The second kappa shape index (κ2) is 4.49. The van der Waals surface area contributed by atoms with Gasteiger partial charge in [-0.2, -0.15) is 0 Å². The Morgan fingerprint density at radius 3 is 1.89 bits per heavy atom. The summed E-state index contributed by atoms with van der Waals surface area (Å²) in [6.07, 6.45) is -0.442. The zero-order valence-corrected chi connectivity index (χ0v) is 12.8. The Hall–Kier alpha value is -0.620. The molecular weight excluding hydrogens is 254 g/mol. The zero-order chi connectivity index (χ0) is 14.4. The van der Waals surface area contributed by atoms with E-state index in [9.17, 15) is 13.2 Å². The van der Waals surface area contributed by atoms with Crippen molar-refractivity contribution in [1.82, 2.24) is 4.90 Å². The maximum absolute atomic E-state index is 11.9. The summed E-state index contributed by atoms with van der Waals surface area (Å²) < 4.78 is 29.1. The average molecular weight is 277 g/mol. The van der Waals surface area contributed by atoms with Gasteiger partial charge in [-0.3, -0.25) is 9.69 Å². The summed E-state index contributed by atoms with van der Waals surface area (Å²) in [6, 6.07) is 0. The monoisotopic (exact) mass is 277 g/mol. The fourth-order valence-corrected chi connectivity index (χ4v) is 5.90.